The Morgan fingerprint density at radius 1 is 0.593 bits per heavy atom. The number of pyridine rings is 2. The maximum absolute atomic E-state index is 13.3. The standard InChI is InChI=1S/C25H19FN4O3.C18H13FN4O3/c1-16-7-12-20-27-22(24-29-28-21(33-24)13-17-8-10-19(26)11-9-17)23(25(31)30(20)14-16)32-15-18-5-3-2-4-6-18;1-10-2-7-13-20-15(16(24)18(25)23(13)9-10)17-22-21-14(26-17)8-11-3-5-12(19)6-4-11/h2-12,14H,13,15H2,1H3;2-7,9,24H,8H2,1H3. The van der Waals surface area contributed by atoms with Crippen LogP contribution in [0.25, 0.3) is 34.5 Å². The van der Waals surface area contributed by atoms with E-state index in [1.165, 1.54) is 33.1 Å². The highest BCUT2D eigenvalue weighted by molar-refractivity contribution is 5.61. The molecule has 0 saturated heterocycles. The number of hydrogen-bond donors (Lipinski definition) is 1. The summed E-state index contributed by atoms with van der Waals surface area (Å²) >= 11 is 0. The van der Waals surface area contributed by atoms with E-state index in [9.17, 15) is 23.5 Å². The Morgan fingerprint density at radius 3 is 1.63 bits per heavy atom. The van der Waals surface area contributed by atoms with Gasteiger partial charge in [0.2, 0.25) is 23.3 Å². The molecule has 0 atom stereocenters. The first kappa shape index (κ1) is 38.0. The Balaban J connectivity index is 0.000000169. The second kappa shape index (κ2) is 16.3. The molecule has 59 heavy (non-hydrogen) atoms. The van der Waals surface area contributed by atoms with E-state index in [-0.39, 0.29) is 58.6 Å². The molecule has 0 aliphatic carbocycles. The van der Waals surface area contributed by atoms with E-state index in [0.717, 1.165) is 27.8 Å². The quantitative estimate of drug-likeness (QED) is 0.161. The lowest BCUT2D eigenvalue weighted by Gasteiger charge is -2.11. The zero-order valence-electron chi connectivity index (χ0n) is 31.4. The van der Waals surface area contributed by atoms with Crippen LogP contribution in [0.5, 0.6) is 11.5 Å². The summed E-state index contributed by atoms with van der Waals surface area (Å²) in [6, 6.07) is 28.5. The molecule has 6 heterocycles. The highest BCUT2D eigenvalue weighted by atomic mass is 19.1. The van der Waals surface area contributed by atoms with E-state index >= 15 is 0 Å². The van der Waals surface area contributed by atoms with Gasteiger partial charge in [0.1, 0.15) is 29.5 Å². The molecule has 0 saturated carbocycles. The third kappa shape index (κ3) is 8.46. The van der Waals surface area contributed by atoms with Gasteiger partial charge in [-0.2, -0.15) is 0 Å². The minimum absolute atomic E-state index is 0.0268. The summed E-state index contributed by atoms with van der Waals surface area (Å²) in [5.74, 6) is -0.588. The molecule has 0 aliphatic rings. The summed E-state index contributed by atoms with van der Waals surface area (Å²) in [6.45, 7) is 3.90. The van der Waals surface area contributed by atoms with E-state index in [0.29, 0.717) is 30.0 Å². The molecule has 0 amide bonds. The molecular weight excluding hydrogens is 763 g/mol. The summed E-state index contributed by atoms with van der Waals surface area (Å²) in [4.78, 5) is 34.5. The number of fused-ring (bicyclic) bond motifs is 2. The molecule has 0 radical (unpaired) electrons. The van der Waals surface area contributed by atoms with Crippen LogP contribution < -0.4 is 15.9 Å². The summed E-state index contributed by atoms with van der Waals surface area (Å²) in [5.41, 5.74) is 4.18. The smallest absolute Gasteiger partial charge is 0.301 e. The molecular formula is C43H32F2N8O6. The number of halogens is 2. The Bertz CT molecular complexity index is 3060. The highest BCUT2D eigenvalue weighted by Crippen LogP contribution is 2.27. The van der Waals surface area contributed by atoms with Gasteiger partial charge in [0.15, 0.2) is 11.4 Å². The lowest BCUT2D eigenvalue weighted by Crippen LogP contribution is -2.19. The topological polar surface area (TPSA) is 176 Å². The predicted molar refractivity (Wildman–Crippen MR) is 210 cm³/mol. The van der Waals surface area contributed by atoms with Crippen LogP contribution in [0.1, 0.15) is 39.6 Å². The van der Waals surface area contributed by atoms with Crippen molar-refractivity contribution >= 4 is 11.3 Å². The first-order chi connectivity index (χ1) is 28.6. The molecule has 14 nitrogen and oxygen atoms in total. The largest absolute Gasteiger partial charge is 0.501 e. The van der Waals surface area contributed by atoms with Crippen molar-refractivity contribution in [2.24, 2.45) is 0 Å². The highest BCUT2D eigenvalue weighted by Gasteiger charge is 2.22. The predicted octanol–water partition coefficient (Wildman–Crippen LogP) is 6.85. The third-order valence-corrected chi connectivity index (χ3v) is 8.98. The van der Waals surface area contributed by atoms with Gasteiger partial charge in [-0.05, 0) is 78.1 Å². The summed E-state index contributed by atoms with van der Waals surface area (Å²) < 4.78 is 46.1. The average Bonchev–Trinajstić information content (AvgIpc) is 3.91. The normalized spacial score (nSPS) is 11.1. The number of nitrogens with zero attached hydrogens (tertiary/aromatic N) is 8. The second-order valence-corrected chi connectivity index (χ2v) is 13.5. The zero-order valence-corrected chi connectivity index (χ0v) is 31.4. The van der Waals surface area contributed by atoms with Crippen molar-refractivity contribution in [1.29, 1.82) is 0 Å². The van der Waals surface area contributed by atoms with Gasteiger partial charge in [-0.15, -0.1) is 20.4 Å². The molecule has 294 valence electrons. The van der Waals surface area contributed by atoms with E-state index in [4.69, 9.17) is 13.6 Å². The van der Waals surface area contributed by atoms with Crippen LogP contribution in [-0.4, -0.2) is 44.3 Å². The Labute approximate surface area is 332 Å². The van der Waals surface area contributed by atoms with Crippen LogP contribution in [0.2, 0.25) is 0 Å². The minimum Gasteiger partial charge on any atom is -0.501 e. The number of aromatic nitrogens is 8. The lowest BCUT2D eigenvalue weighted by molar-refractivity contribution is 0.300. The van der Waals surface area contributed by atoms with Crippen molar-refractivity contribution < 1.29 is 27.5 Å². The van der Waals surface area contributed by atoms with Gasteiger partial charge in [0.05, 0.1) is 12.8 Å². The molecule has 0 bridgehead atoms. The number of aromatic hydroxyl groups is 1. The number of ether oxygens (including phenoxy) is 1. The van der Waals surface area contributed by atoms with Crippen LogP contribution in [0.4, 0.5) is 8.78 Å². The fraction of sp³-hybridized carbons (Fsp3) is 0.116. The van der Waals surface area contributed by atoms with E-state index < -0.39 is 11.3 Å². The van der Waals surface area contributed by atoms with Crippen LogP contribution in [-0.2, 0) is 19.4 Å². The Hall–Kier alpha value is -7.88. The fourth-order valence-corrected chi connectivity index (χ4v) is 6.01. The molecule has 0 aliphatic heterocycles. The van der Waals surface area contributed by atoms with Crippen molar-refractivity contribution in [2.75, 3.05) is 0 Å². The maximum Gasteiger partial charge on any atom is 0.301 e. The van der Waals surface area contributed by atoms with Crippen molar-refractivity contribution in [3.63, 3.8) is 0 Å². The fourth-order valence-electron chi connectivity index (χ4n) is 6.01. The van der Waals surface area contributed by atoms with Gasteiger partial charge in [0, 0.05) is 12.4 Å². The van der Waals surface area contributed by atoms with Gasteiger partial charge >= 0.3 is 11.1 Å². The molecule has 1 N–H and O–H groups in total. The summed E-state index contributed by atoms with van der Waals surface area (Å²) in [7, 11) is 0. The van der Waals surface area contributed by atoms with Crippen LogP contribution >= 0.6 is 0 Å². The number of rotatable bonds is 9. The van der Waals surface area contributed by atoms with Crippen molar-refractivity contribution in [1.82, 2.24) is 39.2 Å². The zero-order chi connectivity index (χ0) is 41.0. The first-order valence-electron chi connectivity index (χ1n) is 18.1. The van der Waals surface area contributed by atoms with Crippen LogP contribution in [0.3, 0.4) is 0 Å². The summed E-state index contributed by atoms with van der Waals surface area (Å²) in [6.07, 6.45) is 3.90. The molecule has 3 aromatic carbocycles. The number of hydrogen-bond acceptors (Lipinski definition) is 12. The van der Waals surface area contributed by atoms with E-state index in [2.05, 4.69) is 30.4 Å². The lowest BCUT2D eigenvalue weighted by atomic mass is 10.1. The molecule has 9 aromatic rings. The molecule has 0 unspecified atom stereocenters. The van der Waals surface area contributed by atoms with Gasteiger partial charge in [-0.3, -0.25) is 18.4 Å². The molecule has 6 aromatic heterocycles. The molecule has 9 rings (SSSR count). The molecule has 0 spiro atoms. The Kier molecular flexibility index (Phi) is 10.5. The van der Waals surface area contributed by atoms with Gasteiger partial charge in [-0.1, -0.05) is 66.7 Å². The monoisotopic (exact) mass is 794 g/mol. The molecule has 16 heteroatoms. The number of benzene rings is 3. The van der Waals surface area contributed by atoms with Crippen molar-refractivity contribution in [2.45, 2.75) is 33.3 Å². The van der Waals surface area contributed by atoms with E-state index in [1.807, 2.05) is 50.2 Å². The minimum atomic E-state index is -0.619. The maximum atomic E-state index is 13.3. The van der Waals surface area contributed by atoms with Crippen molar-refractivity contribution in [3.8, 4) is 34.7 Å². The van der Waals surface area contributed by atoms with Gasteiger partial charge in [0.25, 0.3) is 11.8 Å². The average molecular weight is 795 g/mol. The molecule has 0 fully saturated rings. The Morgan fingerprint density at radius 2 is 1.08 bits per heavy atom. The van der Waals surface area contributed by atoms with E-state index in [1.54, 1.807) is 54.9 Å². The number of aryl methyl sites for hydroxylation is 2. The van der Waals surface area contributed by atoms with Crippen molar-refractivity contribution in [3.05, 3.63) is 187 Å². The third-order valence-electron chi connectivity index (χ3n) is 8.98. The first-order valence-corrected chi connectivity index (χ1v) is 18.1. The SMILES string of the molecule is Cc1ccc2nc(-c3nnc(Cc4ccc(F)cc4)o3)c(O)c(=O)n2c1.Cc1ccc2nc(-c3nnc(Cc4ccc(F)cc4)o3)c(OCc3ccccc3)c(=O)n2c1. The van der Waals surface area contributed by atoms with Crippen LogP contribution in [0, 0.1) is 25.5 Å². The van der Waals surface area contributed by atoms with Gasteiger partial charge in [-0.25, -0.2) is 18.7 Å². The van der Waals surface area contributed by atoms with Crippen LogP contribution in [0.15, 0.2) is 134 Å². The van der Waals surface area contributed by atoms with Gasteiger partial charge < -0.3 is 18.7 Å². The second-order valence-electron chi connectivity index (χ2n) is 13.5. The summed E-state index contributed by atoms with van der Waals surface area (Å²) in [5, 5.41) is 26.2.